The van der Waals surface area contributed by atoms with E-state index in [0.717, 1.165) is 12.8 Å². The van der Waals surface area contributed by atoms with Gasteiger partial charge < -0.3 is 11.5 Å². The maximum absolute atomic E-state index is 12.1. The smallest absolute Gasteiger partial charge is 0.240 e. The Kier molecular flexibility index (Phi) is 4.01. The summed E-state index contributed by atoms with van der Waals surface area (Å²) in [5.74, 6) is 0. The first-order chi connectivity index (χ1) is 8.49. The van der Waals surface area contributed by atoms with Crippen molar-refractivity contribution >= 4 is 10.0 Å². The molecule has 1 saturated carbocycles. The molecule has 6 heteroatoms. The third-order valence-corrected chi connectivity index (χ3v) is 4.87. The SMILES string of the molecule is N[C@@H]1CC(NS(=O)(=O)c2ccccc2)CC[C@@H]1N. The van der Waals surface area contributed by atoms with E-state index in [1.54, 1.807) is 30.3 Å². The zero-order valence-electron chi connectivity index (χ0n) is 10.1. The second-order valence-corrected chi connectivity index (χ2v) is 6.49. The average Bonchev–Trinajstić information content (AvgIpc) is 2.35. The van der Waals surface area contributed by atoms with Crippen LogP contribution in [0.15, 0.2) is 35.2 Å². The Hall–Kier alpha value is -0.950. The van der Waals surface area contributed by atoms with Crippen LogP contribution >= 0.6 is 0 Å². The molecule has 0 bridgehead atoms. The molecule has 100 valence electrons. The first-order valence-electron chi connectivity index (χ1n) is 6.07. The predicted octanol–water partition coefficient (Wildman–Crippen LogP) is 0.172. The van der Waals surface area contributed by atoms with Crippen LogP contribution in [0.2, 0.25) is 0 Å². The summed E-state index contributed by atoms with van der Waals surface area (Å²) in [6.45, 7) is 0. The standard InChI is InChI=1S/C12H19N3O2S/c13-11-7-6-9(8-12(11)14)15-18(16,17)10-4-2-1-3-5-10/h1-5,9,11-12,15H,6-8,13-14H2/t9?,11-,12+/m0/s1. The van der Waals surface area contributed by atoms with Gasteiger partial charge in [0, 0.05) is 18.1 Å². The van der Waals surface area contributed by atoms with Gasteiger partial charge in [0.1, 0.15) is 0 Å². The van der Waals surface area contributed by atoms with Crippen molar-refractivity contribution in [1.82, 2.24) is 4.72 Å². The van der Waals surface area contributed by atoms with Crippen LogP contribution in [-0.2, 0) is 10.0 Å². The zero-order chi connectivity index (χ0) is 13.2. The predicted molar refractivity (Wildman–Crippen MR) is 70.4 cm³/mol. The van der Waals surface area contributed by atoms with Crippen LogP contribution < -0.4 is 16.2 Å². The van der Waals surface area contributed by atoms with Crippen molar-refractivity contribution in [1.29, 1.82) is 0 Å². The van der Waals surface area contributed by atoms with E-state index < -0.39 is 10.0 Å². The largest absolute Gasteiger partial charge is 0.326 e. The summed E-state index contributed by atoms with van der Waals surface area (Å²) in [7, 11) is -3.45. The number of benzene rings is 1. The van der Waals surface area contributed by atoms with E-state index in [9.17, 15) is 8.42 Å². The lowest BCUT2D eigenvalue weighted by molar-refractivity contribution is 0.331. The number of rotatable bonds is 3. The molecule has 1 unspecified atom stereocenters. The van der Waals surface area contributed by atoms with Gasteiger partial charge in [0.2, 0.25) is 10.0 Å². The third kappa shape index (κ3) is 3.08. The number of nitrogens with two attached hydrogens (primary N) is 2. The van der Waals surface area contributed by atoms with Gasteiger partial charge in [-0.2, -0.15) is 0 Å². The highest BCUT2D eigenvalue weighted by Crippen LogP contribution is 2.19. The van der Waals surface area contributed by atoms with Crippen LogP contribution in [0.1, 0.15) is 19.3 Å². The summed E-state index contributed by atoms with van der Waals surface area (Å²) in [5, 5.41) is 0. The monoisotopic (exact) mass is 269 g/mol. The summed E-state index contributed by atoms with van der Waals surface area (Å²) in [6.07, 6.45) is 2.08. The van der Waals surface area contributed by atoms with Crippen molar-refractivity contribution in [2.24, 2.45) is 11.5 Å². The summed E-state index contributed by atoms with van der Waals surface area (Å²) in [4.78, 5) is 0.286. The number of hydrogen-bond donors (Lipinski definition) is 3. The molecule has 1 aromatic carbocycles. The van der Waals surface area contributed by atoms with E-state index in [0.29, 0.717) is 6.42 Å². The van der Waals surface area contributed by atoms with E-state index in [4.69, 9.17) is 11.5 Å². The maximum atomic E-state index is 12.1. The van der Waals surface area contributed by atoms with Crippen LogP contribution in [0.4, 0.5) is 0 Å². The molecule has 0 aliphatic heterocycles. The lowest BCUT2D eigenvalue weighted by Crippen LogP contribution is -2.51. The Labute approximate surface area is 108 Å². The van der Waals surface area contributed by atoms with Gasteiger partial charge in [-0.3, -0.25) is 0 Å². The van der Waals surface area contributed by atoms with Crippen molar-refractivity contribution < 1.29 is 8.42 Å². The van der Waals surface area contributed by atoms with Gasteiger partial charge in [-0.1, -0.05) is 18.2 Å². The van der Waals surface area contributed by atoms with E-state index >= 15 is 0 Å². The van der Waals surface area contributed by atoms with Crippen molar-refractivity contribution in [2.45, 2.75) is 42.3 Å². The summed E-state index contributed by atoms with van der Waals surface area (Å²) < 4.78 is 26.9. The molecule has 1 aliphatic carbocycles. The van der Waals surface area contributed by atoms with Gasteiger partial charge in [0.25, 0.3) is 0 Å². The first kappa shape index (κ1) is 13.5. The van der Waals surface area contributed by atoms with Crippen LogP contribution in [0.3, 0.4) is 0 Å². The number of sulfonamides is 1. The molecular weight excluding hydrogens is 250 g/mol. The molecule has 5 N–H and O–H groups in total. The van der Waals surface area contributed by atoms with Crippen LogP contribution in [0.25, 0.3) is 0 Å². The topological polar surface area (TPSA) is 98.2 Å². The normalized spacial score (nSPS) is 29.1. The summed E-state index contributed by atoms with van der Waals surface area (Å²) >= 11 is 0. The maximum Gasteiger partial charge on any atom is 0.240 e. The summed E-state index contributed by atoms with van der Waals surface area (Å²) in [5.41, 5.74) is 11.7. The molecule has 1 aromatic rings. The zero-order valence-corrected chi connectivity index (χ0v) is 10.9. The van der Waals surface area contributed by atoms with E-state index in [1.807, 2.05) is 0 Å². The fourth-order valence-corrected chi connectivity index (χ4v) is 3.53. The van der Waals surface area contributed by atoms with Crippen molar-refractivity contribution in [3.8, 4) is 0 Å². The molecular formula is C12H19N3O2S. The molecule has 18 heavy (non-hydrogen) atoms. The lowest BCUT2D eigenvalue weighted by atomic mass is 9.88. The molecule has 2 rings (SSSR count). The lowest BCUT2D eigenvalue weighted by Gasteiger charge is -2.31. The fraction of sp³-hybridized carbons (Fsp3) is 0.500. The number of nitrogens with one attached hydrogen (secondary N) is 1. The molecule has 3 atom stereocenters. The van der Waals surface area contributed by atoms with Crippen molar-refractivity contribution in [3.63, 3.8) is 0 Å². The molecule has 0 amide bonds. The highest BCUT2D eigenvalue weighted by molar-refractivity contribution is 7.89. The molecule has 5 nitrogen and oxygen atoms in total. The molecule has 0 aromatic heterocycles. The molecule has 0 radical (unpaired) electrons. The third-order valence-electron chi connectivity index (χ3n) is 3.33. The minimum atomic E-state index is -3.45. The molecule has 0 heterocycles. The van der Waals surface area contributed by atoms with Gasteiger partial charge in [-0.15, -0.1) is 0 Å². The molecule has 1 fully saturated rings. The van der Waals surface area contributed by atoms with E-state index in [1.165, 1.54) is 0 Å². The van der Waals surface area contributed by atoms with Gasteiger partial charge >= 0.3 is 0 Å². The average molecular weight is 269 g/mol. The Morgan fingerprint density at radius 2 is 1.72 bits per heavy atom. The Morgan fingerprint density at radius 1 is 1.06 bits per heavy atom. The molecule has 0 spiro atoms. The highest BCUT2D eigenvalue weighted by atomic mass is 32.2. The van der Waals surface area contributed by atoms with Crippen LogP contribution in [-0.4, -0.2) is 26.5 Å². The van der Waals surface area contributed by atoms with Crippen molar-refractivity contribution in [3.05, 3.63) is 30.3 Å². The highest BCUT2D eigenvalue weighted by Gasteiger charge is 2.28. The second-order valence-electron chi connectivity index (χ2n) is 4.77. The van der Waals surface area contributed by atoms with E-state index in [2.05, 4.69) is 4.72 Å². The van der Waals surface area contributed by atoms with Crippen LogP contribution in [0, 0.1) is 0 Å². The van der Waals surface area contributed by atoms with Gasteiger partial charge in [-0.25, -0.2) is 13.1 Å². The van der Waals surface area contributed by atoms with Gasteiger partial charge in [0.15, 0.2) is 0 Å². The Balaban J connectivity index is 2.06. The van der Waals surface area contributed by atoms with Gasteiger partial charge in [0.05, 0.1) is 4.90 Å². The first-order valence-corrected chi connectivity index (χ1v) is 7.56. The summed E-state index contributed by atoms with van der Waals surface area (Å²) in [6, 6.07) is 8.07. The van der Waals surface area contributed by atoms with Crippen molar-refractivity contribution in [2.75, 3.05) is 0 Å². The van der Waals surface area contributed by atoms with E-state index in [-0.39, 0.29) is 23.0 Å². The van der Waals surface area contributed by atoms with Crippen LogP contribution in [0.5, 0.6) is 0 Å². The number of hydrogen-bond acceptors (Lipinski definition) is 4. The minimum absolute atomic E-state index is 0.0255. The fourth-order valence-electron chi connectivity index (χ4n) is 2.22. The molecule has 1 aliphatic rings. The molecule has 0 saturated heterocycles. The second kappa shape index (κ2) is 5.36. The Bertz CT molecular complexity index is 489. The van der Waals surface area contributed by atoms with Gasteiger partial charge in [-0.05, 0) is 31.4 Å². The Morgan fingerprint density at radius 3 is 2.33 bits per heavy atom. The quantitative estimate of drug-likeness (QED) is 0.728. The minimum Gasteiger partial charge on any atom is -0.326 e.